The number of hydrogen-bond acceptors (Lipinski definition) is 3. The van der Waals surface area contributed by atoms with Crippen molar-refractivity contribution in [2.75, 3.05) is 26.0 Å². The lowest BCUT2D eigenvalue weighted by Crippen LogP contribution is -2.40. The van der Waals surface area contributed by atoms with E-state index in [0.29, 0.717) is 0 Å². The van der Waals surface area contributed by atoms with Gasteiger partial charge in [-0.05, 0) is 17.7 Å². The highest BCUT2D eigenvalue weighted by Gasteiger charge is 2.48. The van der Waals surface area contributed by atoms with E-state index >= 15 is 0 Å². The molecule has 1 aromatic rings. The van der Waals surface area contributed by atoms with Gasteiger partial charge in [0.05, 0.1) is 26.3 Å². The van der Waals surface area contributed by atoms with Gasteiger partial charge in [0.1, 0.15) is 11.8 Å². The number of benzene rings is 1. The normalized spacial score (nSPS) is 24.1. The number of nitrogens with zero attached hydrogens (tertiary/aromatic N) is 1. The van der Waals surface area contributed by atoms with Crippen LogP contribution in [0.4, 0.5) is 28.0 Å². The number of ether oxygens (including phenoxy) is 1. The van der Waals surface area contributed by atoms with Gasteiger partial charge in [-0.15, -0.1) is 0 Å². The minimum atomic E-state index is -4.94. The molecule has 2 rings (SSSR count). The Bertz CT molecular complexity index is 613. The Morgan fingerprint density at radius 1 is 1.59 bits per heavy atom. The number of rotatable bonds is 4. The number of anilines is 1. The fraction of sp³-hybridized carbons (Fsp3) is 0.462. The van der Waals surface area contributed by atoms with Gasteiger partial charge in [0.25, 0.3) is 0 Å². The summed E-state index contributed by atoms with van der Waals surface area (Å²) in [6, 6.07) is -1.50. The van der Waals surface area contributed by atoms with Gasteiger partial charge >= 0.3 is 12.2 Å². The van der Waals surface area contributed by atoms with Crippen LogP contribution in [0.2, 0.25) is 0 Å². The summed E-state index contributed by atoms with van der Waals surface area (Å²) in [7, 11) is 1.30. The number of amides is 2. The van der Waals surface area contributed by atoms with E-state index in [2.05, 4.69) is 0 Å². The number of nitrogens with two attached hydrogens (primary N) is 1. The predicted octanol–water partition coefficient (Wildman–Crippen LogP) is 2.05. The molecule has 2 amide bonds. The number of halogens is 4. The molecule has 1 aliphatic rings. The smallest absolute Gasteiger partial charge is 0.396 e. The van der Waals surface area contributed by atoms with E-state index in [0.717, 1.165) is 11.0 Å². The van der Waals surface area contributed by atoms with Crippen LogP contribution >= 0.6 is 0 Å². The van der Waals surface area contributed by atoms with Crippen molar-refractivity contribution in [3.8, 4) is 0 Å². The standard InChI is InChI=1S/C13H15F4N3O2/c1-22-6-10(7-2-3-9(18)8(14)4-7)20-5-11(13(15,16)17)19-12(20)21/h2-4,10-11H,5-6,18H2,1H3,(H,19,21)/t10-,11+/m1/s1/i11D. The number of nitrogens with one attached hydrogen (secondary N) is 1. The van der Waals surface area contributed by atoms with E-state index in [1.54, 1.807) is 5.32 Å². The molecular weight excluding hydrogens is 306 g/mol. The molecule has 3 N–H and O–H groups in total. The van der Waals surface area contributed by atoms with Crippen LogP contribution in [0.25, 0.3) is 0 Å². The van der Waals surface area contributed by atoms with Crippen LogP contribution in [0.3, 0.4) is 0 Å². The average Bonchev–Trinajstić information content (AvgIpc) is 2.75. The van der Waals surface area contributed by atoms with E-state index in [9.17, 15) is 22.4 Å². The first-order valence-corrected chi connectivity index (χ1v) is 6.28. The summed E-state index contributed by atoms with van der Waals surface area (Å²) >= 11 is 0. The number of methoxy groups -OCH3 is 1. The number of hydrogen-bond donors (Lipinski definition) is 2. The van der Waals surface area contributed by atoms with Crippen LogP contribution in [0, 0.1) is 5.82 Å². The highest BCUT2D eigenvalue weighted by molar-refractivity contribution is 5.77. The second-order valence-corrected chi connectivity index (χ2v) is 4.79. The summed E-state index contributed by atoms with van der Waals surface area (Å²) in [5, 5.41) is 1.61. The minimum absolute atomic E-state index is 0.124. The second kappa shape index (κ2) is 5.99. The van der Waals surface area contributed by atoms with Crippen molar-refractivity contribution >= 4 is 11.7 Å². The van der Waals surface area contributed by atoms with Crippen LogP contribution in [0.1, 0.15) is 13.0 Å². The highest BCUT2D eigenvalue weighted by Crippen LogP contribution is 2.31. The van der Waals surface area contributed by atoms with Crippen molar-refractivity contribution in [3.05, 3.63) is 29.6 Å². The zero-order chi connectivity index (χ0) is 17.4. The fourth-order valence-corrected chi connectivity index (χ4v) is 2.17. The Labute approximate surface area is 125 Å². The molecule has 0 aromatic heterocycles. The van der Waals surface area contributed by atoms with Gasteiger partial charge in [0.15, 0.2) is 0 Å². The maximum absolute atomic E-state index is 13.6. The Hall–Kier alpha value is -2.03. The predicted molar refractivity (Wildman–Crippen MR) is 70.5 cm³/mol. The van der Waals surface area contributed by atoms with E-state index in [4.69, 9.17) is 11.8 Å². The van der Waals surface area contributed by atoms with Crippen LogP contribution in [0.5, 0.6) is 0 Å². The molecule has 2 atom stereocenters. The lowest BCUT2D eigenvalue weighted by atomic mass is 10.1. The number of alkyl halides is 3. The summed E-state index contributed by atoms with van der Waals surface area (Å²) in [5.41, 5.74) is 5.46. The molecule has 1 aromatic carbocycles. The summed E-state index contributed by atoms with van der Waals surface area (Å²) in [4.78, 5) is 12.7. The van der Waals surface area contributed by atoms with Gasteiger partial charge in [-0.1, -0.05) is 6.07 Å². The van der Waals surface area contributed by atoms with Crippen molar-refractivity contribution in [2.24, 2.45) is 0 Å². The van der Waals surface area contributed by atoms with Crippen molar-refractivity contribution < 1.29 is 28.5 Å². The molecule has 5 nitrogen and oxygen atoms in total. The summed E-state index contributed by atoms with van der Waals surface area (Å²) < 4.78 is 64.7. The van der Waals surface area contributed by atoms with E-state index in [1.807, 2.05) is 0 Å². The van der Waals surface area contributed by atoms with E-state index in [-0.39, 0.29) is 17.9 Å². The number of carbonyl (C=O) groups is 1. The molecule has 0 bridgehead atoms. The van der Waals surface area contributed by atoms with Crippen molar-refractivity contribution in [1.82, 2.24) is 10.2 Å². The van der Waals surface area contributed by atoms with Gasteiger partial charge in [-0.25, -0.2) is 9.18 Å². The summed E-state index contributed by atoms with van der Waals surface area (Å²) in [6.45, 7) is -1.10. The SMILES string of the molecule is [2H][C@@]1(C(F)(F)F)CN([C@H](COC)c2ccc(N)c(F)c2)C(=O)N1. The molecule has 0 spiro atoms. The fourth-order valence-electron chi connectivity index (χ4n) is 2.17. The summed E-state index contributed by atoms with van der Waals surface area (Å²) in [5.74, 6) is -0.754. The van der Waals surface area contributed by atoms with Crippen molar-refractivity contribution in [2.45, 2.75) is 18.2 Å². The molecule has 0 aliphatic carbocycles. The van der Waals surface area contributed by atoms with Gasteiger partial charge in [0, 0.05) is 7.11 Å². The van der Waals surface area contributed by atoms with E-state index in [1.165, 1.54) is 19.2 Å². The molecule has 1 saturated heterocycles. The second-order valence-electron chi connectivity index (χ2n) is 4.79. The molecular formula is C13H15F4N3O2. The number of nitrogen functional groups attached to an aromatic ring is 1. The maximum atomic E-state index is 13.6. The first-order valence-electron chi connectivity index (χ1n) is 6.78. The third kappa shape index (κ3) is 3.24. The lowest BCUT2D eigenvalue weighted by molar-refractivity contribution is -0.150. The molecule has 22 heavy (non-hydrogen) atoms. The lowest BCUT2D eigenvalue weighted by Gasteiger charge is -2.27. The Morgan fingerprint density at radius 3 is 2.77 bits per heavy atom. The molecule has 0 radical (unpaired) electrons. The Kier molecular flexibility index (Phi) is 4.06. The monoisotopic (exact) mass is 322 g/mol. The zero-order valence-corrected chi connectivity index (χ0v) is 11.6. The van der Waals surface area contributed by atoms with Gasteiger partial charge < -0.3 is 20.7 Å². The third-order valence-corrected chi connectivity index (χ3v) is 3.30. The number of carbonyl (C=O) groups excluding carboxylic acids is 1. The quantitative estimate of drug-likeness (QED) is 0.658. The average molecular weight is 322 g/mol. The van der Waals surface area contributed by atoms with Crippen molar-refractivity contribution in [3.63, 3.8) is 0 Å². The molecule has 1 fully saturated rings. The first-order chi connectivity index (χ1) is 10.6. The molecule has 1 heterocycles. The first kappa shape index (κ1) is 14.9. The van der Waals surface area contributed by atoms with Gasteiger partial charge in [0.2, 0.25) is 0 Å². The van der Waals surface area contributed by atoms with Crippen LogP contribution < -0.4 is 11.1 Å². The maximum Gasteiger partial charge on any atom is 0.410 e. The molecule has 1 aliphatic heterocycles. The third-order valence-electron chi connectivity index (χ3n) is 3.30. The summed E-state index contributed by atoms with van der Waals surface area (Å²) in [6.07, 6.45) is -4.94. The topological polar surface area (TPSA) is 67.6 Å². The molecule has 0 unspecified atom stereocenters. The highest BCUT2D eigenvalue weighted by atomic mass is 19.4. The van der Waals surface area contributed by atoms with Gasteiger partial charge in [-0.3, -0.25) is 0 Å². The van der Waals surface area contributed by atoms with Crippen LogP contribution in [0.15, 0.2) is 18.2 Å². The van der Waals surface area contributed by atoms with Gasteiger partial charge in [-0.2, -0.15) is 13.2 Å². The minimum Gasteiger partial charge on any atom is -0.396 e. The van der Waals surface area contributed by atoms with Crippen molar-refractivity contribution in [1.29, 1.82) is 0 Å². The van der Waals surface area contributed by atoms with Crippen LogP contribution in [-0.2, 0) is 4.74 Å². The number of urea groups is 1. The molecule has 9 heteroatoms. The van der Waals surface area contributed by atoms with E-state index < -0.39 is 36.6 Å². The zero-order valence-electron chi connectivity index (χ0n) is 12.6. The Morgan fingerprint density at radius 2 is 2.27 bits per heavy atom. The molecule has 122 valence electrons. The Balaban J connectivity index is 2.35. The largest absolute Gasteiger partial charge is 0.410 e. The molecule has 0 saturated carbocycles. The van der Waals surface area contributed by atoms with Crippen LogP contribution in [-0.4, -0.2) is 43.4 Å².